The van der Waals surface area contributed by atoms with Gasteiger partial charge in [0.05, 0.1) is 0 Å². The van der Waals surface area contributed by atoms with E-state index >= 15 is 0 Å². The van der Waals surface area contributed by atoms with Crippen LogP contribution in [0.2, 0.25) is 0 Å². The van der Waals surface area contributed by atoms with Crippen molar-refractivity contribution >= 4 is 11.3 Å². The van der Waals surface area contributed by atoms with Crippen LogP contribution in [-0.4, -0.2) is 5.79 Å². The van der Waals surface area contributed by atoms with Gasteiger partial charge in [-0.05, 0) is 68.1 Å². The third-order valence-electron chi connectivity index (χ3n) is 7.85. The molecule has 0 fully saturated rings. The molecule has 0 atom stereocenters. The average Bonchev–Trinajstić information content (AvgIpc) is 3.29. The first kappa shape index (κ1) is 28.7. The second-order valence-electron chi connectivity index (χ2n) is 11.3. The quantitative estimate of drug-likeness (QED) is 0.181. The molecule has 0 amide bonds. The maximum atomic E-state index is 7.07. The van der Waals surface area contributed by atoms with Crippen LogP contribution in [0.25, 0.3) is 21.6 Å². The van der Waals surface area contributed by atoms with Crippen molar-refractivity contribution in [2.24, 2.45) is 0 Å². The first-order valence-corrected chi connectivity index (χ1v) is 16.0. The highest BCUT2D eigenvalue weighted by atomic mass is 32.1. The monoisotopic (exact) mass is 532 g/mol. The van der Waals surface area contributed by atoms with Crippen molar-refractivity contribution in [3.05, 3.63) is 59.0 Å². The van der Waals surface area contributed by atoms with Gasteiger partial charge in [-0.3, -0.25) is 0 Å². The van der Waals surface area contributed by atoms with Crippen molar-refractivity contribution in [1.82, 2.24) is 0 Å². The molecule has 2 nitrogen and oxygen atoms in total. The predicted octanol–water partition coefficient (Wildman–Crippen LogP) is 11.7. The van der Waals surface area contributed by atoms with E-state index in [1.165, 1.54) is 85.1 Å². The van der Waals surface area contributed by atoms with E-state index < -0.39 is 5.79 Å². The molecule has 0 spiro atoms. The number of ether oxygens (including phenoxy) is 2. The Morgan fingerprint density at radius 3 is 1.74 bits per heavy atom. The summed E-state index contributed by atoms with van der Waals surface area (Å²) < 4.78 is 14.1. The van der Waals surface area contributed by atoms with E-state index in [2.05, 4.69) is 76.2 Å². The van der Waals surface area contributed by atoms with Crippen molar-refractivity contribution in [3.63, 3.8) is 0 Å². The minimum Gasteiger partial charge on any atom is -0.452 e. The third-order valence-corrected chi connectivity index (χ3v) is 8.90. The van der Waals surface area contributed by atoms with E-state index in [-0.39, 0.29) is 0 Å². The van der Waals surface area contributed by atoms with Crippen LogP contribution in [-0.2, 0) is 0 Å². The zero-order valence-corrected chi connectivity index (χ0v) is 25.1. The first-order valence-electron chi connectivity index (χ1n) is 15.2. The lowest BCUT2D eigenvalue weighted by Gasteiger charge is -2.34. The predicted molar refractivity (Wildman–Crippen MR) is 165 cm³/mol. The van der Waals surface area contributed by atoms with Crippen molar-refractivity contribution in [2.75, 3.05) is 0 Å². The molecule has 0 N–H and O–H groups in total. The van der Waals surface area contributed by atoms with Crippen molar-refractivity contribution in [2.45, 2.75) is 123 Å². The SMILES string of the molecule is CCCCCCCCC1(CCCCCCCC)Oc2cc(C)ccc2-c2ccc(-c3ccc(C)s3)cc2O1. The number of thiophene rings is 1. The lowest BCUT2D eigenvalue weighted by atomic mass is 9.98. The lowest BCUT2D eigenvalue weighted by molar-refractivity contribution is -0.125. The fourth-order valence-electron chi connectivity index (χ4n) is 5.61. The van der Waals surface area contributed by atoms with Gasteiger partial charge in [0.15, 0.2) is 0 Å². The van der Waals surface area contributed by atoms with Gasteiger partial charge in [-0.2, -0.15) is 0 Å². The molecule has 1 aromatic heterocycles. The Labute approximate surface area is 235 Å². The van der Waals surface area contributed by atoms with Gasteiger partial charge < -0.3 is 9.47 Å². The van der Waals surface area contributed by atoms with Gasteiger partial charge in [0.25, 0.3) is 5.79 Å². The molecule has 0 radical (unpaired) electrons. The van der Waals surface area contributed by atoms with Gasteiger partial charge in [0, 0.05) is 33.7 Å². The zero-order chi connectivity index (χ0) is 26.8. The fraction of sp³-hybridized carbons (Fsp3) is 0.543. The van der Waals surface area contributed by atoms with Crippen LogP contribution < -0.4 is 9.47 Å². The maximum Gasteiger partial charge on any atom is 0.251 e. The molecule has 0 saturated heterocycles. The molecular formula is C35H48O2S. The van der Waals surface area contributed by atoms with E-state index in [0.29, 0.717) is 0 Å². The zero-order valence-electron chi connectivity index (χ0n) is 24.2. The van der Waals surface area contributed by atoms with Crippen LogP contribution in [0.3, 0.4) is 0 Å². The summed E-state index contributed by atoms with van der Waals surface area (Å²) in [7, 11) is 0. The van der Waals surface area contributed by atoms with Crippen molar-refractivity contribution < 1.29 is 9.47 Å². The Hall–Kier alpha value is -2.26. The molecule has 1 aliphatic rings. The van der Waals surface area contributed by atoms with Crippen LogP contribution in [0.4, 0.5) is 0 Å². The molecule has 1 aliphatic heterocycles. The van der Waals surface area contributed by atoms with Gasteiger partial charge in [-0.15, -0.1) is 11.3 Å². The van der Waals surface area contributed by atoms with E-state index in [0.717, 1.165) is 48.3 Å². The van der Waals surface area contributed by atoms with Crippen LogP contribution >= 0.6 is 11.3 Å². The molecular weight excluding hydrogens is 484 g/mol. The Bertz CT molecular complexity index is 1130. The normalized spacial score (nSPS) is 13.8. The topological polar surface area (TPSA) is 18.5 Å². The number of aryl methyl sites for hydroxylation is 2. The molecule has 3 heteroatoms. The largest absolute Gasteiger partial charge is 0.452 e. The van der Waals surface area contributed by atoms with Gasteiger partial charge in [-0.25, -0.2) is 0 Å². The Morgan fingerprint density at radius 2 is 1.16 bits per heavy atom. The van der Waals surface area contributed by atoms with Crippen LogP contribution in [0.15, 0.2) is 48.5 Å². The van der Waals surface area contributed by atoms with Gasteiger partial charge in [-0.1, -0.05) is 96.3 Å². The highest BCUT2D eigenvalue weighted by molar-refractivity contribution is 7.15. The minimum atomic E-state index is -0.618. The summed E-state index contributed by atoms with van der Waals surface area (Å²) in [6.45, 7) is 8.89. The molecule has 3 aromatic rings. The van der Waals surface area contributed by atoms with Crippen LogP contribution in [0, 0.1) is 13.8 Å². The third kappa shape index (κ3) is 7.65. The molecule has 38 heavy (non-hydrogen) atoms. The highest BCUT2D eigenvalue weighted by Crippen LogP contribution is 2.47. The standard InChI is InChI=1S/C35H48O2S/c1-5-7-9-11-13-15-23-35(24-16-14-12-10-8-6-2)36-32-25-27(3)17-20-30(32)31-21-19-29(26-33(31)37-35)34-22-18-28(4)38-34/h17-22,25-26H,5-16,23-24H2,1-4H3. The first-order chi connectivity index (χ1) is 18.5. The van der Waals surface area contributed by atoms with Gasteiger partial charge in [0.2, 0.25) is 0 Å². The molecule has 2 aromatic carbocycles. The summed E-state index contributed by atoms with van der Waals surface area (Å²) in [4.78, 5) is 2.63. The fourth-order valence-corrected chi connectivity index (χ4v) is 6.47. The summed E-state index contributed by atoms with van der Waals surface area (Å²) in [5, 5.41) is 0. The molecule has 0 bridgehead atoms. The summed E-state index contributed by atoms with van der Waals surface area (Å²) in [5.74, 6) is 1.32. The Morgan fingerprint density at radius 1 is 0.605 bits per heavy atom. The number of fused-ring (bicyclic) bond motifs is 3. The molecule has 2 heterocycles. The van der Waals surface area contributed by atoms with E-state index in [9.17, 15) is 0 Å². The number of hydrogen-bond donors (Lipinski definition) is 0. The molecule has 0 saturated carbocycles. The number of unbranched alkanes of at least 4 members (excludes halogenated alkanes) is 10. The second kappa shape index (κ2) is 14.2. The smallest absolute Gasteiger partial charge is 0.251 e. The van der Waals surface area contributed by atoms with Crippen LogP contribution in [0.1, 0.15) is 114 Å². The molecule has 4 rings (SSSR count). The average molecular weight is 533 g/mol. The molecule has 206 valence electrons. The highest BCUT2D eigenvalue weighted by Gasteiger charge is 2.38. The summed E-state index contributed by atoms with van der Waals surface area (Å²) in [6.07, 6.45) is 17.1. The number of hydrogen-bond acceptors (Lipinski definition) is 3. The van der Waals surface area contributed by atoms with Crippen molar-refractivity contribution in [3.8, 4) is 33.1 Å². The van der Waals surface area contributed by atoms with E-state index in [4.69, 9.17) is 9.47 Å². The van der Waals surface area contributed by atoms with E-state index in [1.54, 1.807) is 0 Å². The maximum absolute atomic E-state index is 7.07. The number of rotatable bonds is 15. The molecule has 0 unspecified atom stereocenters. The summed E-state index contributed by atoms with van der Waals surface area (Å²) in [5.41, 5.74) is 4.74. The molecule has 0 aliphatic carbocycles. The Kier molecular flexibility index (Phi) is 10.8. The second-order valence-corrected chi connectivity index (χ2v) is 12.6. The number of benzene rings is 2. The van der Waals surface area contributed by atoms with Gasteiger partial charge in [0.1, 0.15) is 11.5 Å². The van der Waals surface area contributed by atoms with Crippen LogP contribution in [0.5, 0.6) is 11.5 Å². The summed E-state index contributed by atoms with van der Waals surface area (Å²) in [6, 6.07) is 17.8. The minimum absolute atomic E-state index is 0.618. The van der Waals surface area contributed by atoms with E-state index in [1.807, 2.05) is 11.3 Å². The summed E-state index contributed by atoms with van der Waals surface area (Å²) >= 11 is 1.84. The lowest BCUT2D eigenvalue weighted by Crippen LogP contribution is -2.42. The Balaban J connectivity index is 1.64. The van der Waals surface area contributed by atoms with Crippen molar-refractivity contribution in [1.29, 1.82) is 0 Å². The van der Waals surface area contributed by atoms with Gasteiger partial charge >= 0.3 is 0 Å².